The van der Waals surface area contributed by atoms with Crippen LogP contribution in [0.4, 0.5) is 0 Å². The molecule has 150 valence electrons. The minimum atomic E-state index is -0.381. The second kappa shape index (κ2) is 9.80. The predicted octanol–water partition coefficient (Wildman–Crippen LogP) is 1.66. The van der Waals surface area contributed by atoms with Crippen molar-refractivity contribution in [3.8, 4) is 0 Å². The van der Waals surface area contributed by atoms with Crippen LogP contribution < -0.4 is 5.32 Å². The number of aryl methyl sites for hydroxylation is 1. The van der Waals surface area contributed by atoms with E-state index < -0.39 is 0 Å². The van der Waals surface area contributed by atoms with E-state index in [0.717, 1.165) is 18.4 Å². The van der Waals surface area contributed by atoms with Crippen LogP contribution in [-0.4, -0.2) is 58.6 Å². The van der Waals surface area contributed by atoms with Crippen molar-refractivity contribution in [1.82, 2.24) is 15.2 Å². The molecule has 1 saturated carbocycles. The van der Waals surface area contributed by atoms with Gasteiger partial charge in [0.2, 0.25) is 5.91 Å². The fraction of sp³-hybridized carbons (Fsp3) is 0.650. The molecule has 1 atom stereocenters. The van der Waals surface area contributed by atoms with Crippen molar-refractivity contribution < 1.29 is 19.4 Å². The zero-order chi connectivity index (χ0) is 20.0. The molecule has 1 fully saturated rings. The molecule has 1 unspecified atom stereocenters. The lowest BCUT2D eigenvalue weighted by molar-refractivity contribution is -0.133. The molecule has 0 spiro atoms. The van der Waals surface area contributed by atoms with E-state index in [1.807, 2.05) is 27.7 Å². The van der Waals surface area contributed by atoms with E-state index >= 15 is 0 Å². The quantitative estimate of drug-likeness (QED) is 0.647. The van der Waals surface area contributed by atoms with Crippen LogP contribution in [0, 0.1) is 12.8 Å². The summed E-state index contributed by atoms with van der Waals surface area (Å²) in [6, 6.07) is 1.67. The Hall–Kier alpha value is -1.99. The Morgan fingerprint density at radius 2 is 2.11 bits per heavy atom. The number of carbonyl (C=O) groups is 2. The molecule has 0 aromatic carbocycles. The maximum atomic E-state index is 12.8. The summed E-state index contributed by atoms with van der Waals surface area (Å²) in [5.74, 6) is 0.0390. The van der Waals surface area contributed by atoms with E-state index in [4.69, 9.17) is 4.74 Å². The van der Waals surface area contributed by atoms with Crippen molar-refractivity contribution in [2.75, 3.05) is 19.7 Å². The SMILES string of the molecule is CCOC(C(=O)NCCN(C(=O)c1cc(C)c(CO)cn1)C(C)C)C1CC1. The summed E-state index contributed by atoms with van der Waals surface area (Å²) >= 11 is 0. The number of aliphatic hydroxyl groups is 1. The topological polar surface area (TPSA) is 91.8 Å². The van der Waals surface area contributed by atoms with Crippen LogP contribution in [0.2, 0.25) is 0 Å². The number of amides is 2. The van der Waals surface area contributed by atoms with E-state index in [-0.39, 0.29) is 30.6 Å². The van der Waals surface area contributed by atoms with Crippen molar-refractivity contribution in [3.05, 3.63) is 29.1 Å². The van der Waals surface area contributed by atoms with Gasteiger partial charge in [-0.25, -0.2) is 0 Å². The second-order valence-electron chi connectivity index (χ2n) is 7.25. The second-order valence-corrected chi connectivity index (χ2v) is 7.25. The van der Waals surface area contributed by atoms with Gasteiger partial charge in [0.25, 0.3) is 5.91 Å². The zero-order valence-corrected chi connectivity index (χ0v) is 16.7. The Labute approximate surface area is 161 Å². The van der Waals surface area contributed by atoms with Crippen LogP contribution in [-0.2, 0) is 16.1 Å². The Bertz CT molecular complexity index is 659. The molecule has 1 heterocycles. The number of rotatable bonds is 10. The van der Waals surface area contributed by atoms with Crippen molar-refractivity contribution in [2.24, 2.45) is 5.92 Å². The fourth-order valence-corrected chi connectivity index (χ4v) is 3.01. The van der Waals surface area contributed by atoms with Crippen molar-refractivity contribution in [1.29, 1.82) is 0 Å². The number of hydrogen-bond donors (Lipinski definition) is 2. The van der Waals surface area contributed by atoms with E-state index in [1.165, 1.54) is 6.20 Å². The predicted molar refractivity (Wildman–Crippen MR) is 102 cm³/mol. The first-order valence-electron chi connectivity index (χ1n) is 9.65. The van der Waals surface area contributed by atoms with Gasteiger partial charge in [-0.2, -0.15) is 0 Å². The van der Waals surface area contributed by atoms with Gasteiger partial charge >= 0.3 is 0 Å². The van der Waals surface area contributed by atoms with E-state index in [1.54, 1.807) is 11.0 Å². The number of ether oxygens (including phenoxy) is 1. The molecule has 7 heteroatoms. The Morgan fingerprint density at radius 3 is 2.63 bits per heavy atom. The maximum absolute atomic E-state index is 12.8. The van der Waals surface area contributed by atoms with E-state index in [9.17, 15) is 14.7 Å². The molecular weight excluding hydrogens is 346 g/mol. The van der Waals surface area contributed by atoms with Gasteiger partial charge in [-0.3, -0.25) is 14.6 Å². The van der Waals surface area contributed by atoms with Crippen molar-refractivity contribution in [3.63, 3.8) is 0 Å². The van der Waals surface area contributed by atoms with Crippen LogP contribution >= 0.6 is 0 Å². The number of aliphatic hydroxyl groups excluding tert-OH is 1. The molecule has 1 aromatic heterocycles. The highest BCUT2D eigenvalue weighted by molar-refractivity contribution is 5.92. The summed E-state index contributed by atoms with van der Waals surface area (Å²) < 4.78 is 5.56. The van der Waals surface area contributed by atoms with Gasteiger partial charge in [0.15, 0.2) is 0 Å². The maximum Gasteiger partial charge on any atom is 0.272 e. The molecule has 2 N–H and O–H groups in total. The molecular formula is C20H31N3O4. The van der Waals surface area contributed by atoms with Crippen LogP contribution in [0.15, 0.2) is 12.3 Å². The average molecular weight is 377 g/mol. The first kappa shape index (κ1) is 21.3. The molecule has 0 radical (unpaired) electrons. The van der Waals surface area contributed by atoms with Gasteiger partial charge in [0.05, 0.1) is 6.61 Å². The monoisotopic (exact) mass is 377 g/mol. The van der Waals surface area contributed by atoms with Gasteiger partial charge in [-0.1, -0.05) is 0 Å². The third-order valence-electron chi connectivity index (χ3n) is 4.80. The molecule has 27 heavy (non-hydrogen) atoms. The molecule has 0 aliphatic heterocycles. The molecule has 2 rings (SSSR count). The van der Waals surface area contributed by atoms with Crippen LogP contribution in [0.5, 0.6) is 0 Å². The largest absolute Gasteiger partial charge is 0.392 e. The summed E-state index contributed by atoms with van der Waals surface area (Å²) in [4.78, 5) is 31.0. The van der Waals surface area contributed by atoms with Crippen LogP contribution in [0.1, 0.15) is 55.2 Å². The first-order chi connectivity index (χ1) is 12.9. The fourth-order valence-electron chi connectivity index (χ4n) is 3.01. The van der Waals surface area contributed by atoms with E-state index in [2.05, 4.69) is 10.3 Å². The summed E-state index contributed by atoms with van der Waals surface area (Å²) in [5, 5.41) is 12.2. The third kappa shape index (κ3) is 5.74. The highest BCUT2D eigenvalue weighted by Gasteiger charge is 2.36. The van der Waals surface area contributed by atoms with Gasteiger partial charge in [0.1, 0.15) is 11.8 Å². The first-order valence-corrected chi connectivity index (χ1v) is 9.65. The third-order valence-corrected chi connectivity index (χ3v) is 4.80. The molecule has 0 saturated heterocycles. The summed E-state index contributed by atoms with van der Waals surface area (Å²) in [6.45, 7) is 8.77. The van der Waals surface area contributed by atoms with E-state index in [0.29, 0.717) is 36.9 Å². The minimum Gasteiger partial charge on any atom is -0.392 e. The lowest BCUT2D eigenvalue weighted by Crippen LogP contribution is -2.45. The number of aromatic nitrogens is 1. The highest BCUT2D eigenvalue weighted by atomic mass is 16.5. The summed E-state index contributed by atoms with van der Waals surface area (Å²) in [5.41, 5.74) is 1.88. The molecule has 1 aliphatic carbocycles. The van der Waals surface area contributed by atoms with Gasteiger partial charge in [-0.15, -0.1) is 0 Å². The standard InChI is InChI=1S/C20H31N3O4/c1-5-27-18(15-6-7-15)19(25)21-8-9-23(13(2)3)20(26)17-10-14(4)16(12-24)11-22-17/h10-11,13,15,18,24H,5-9,12H2,1-4H3,(H,21,25). The van der Waals surface area contributed by atoms with Crippen LogP contribution in [0.3, 0.4) is 0 Å². The highest BCUT2D eigenvalue weighted by Crippen LogP contribution is 2.34. The van der Waals surface area contributed by atoms with Gasteiger partial charge in [-0.05, 0) is 63.6 Å². The number of pyridine rings is 1. The summed E-state index contributed by atoms with van der Waals surface area (Å²) in [7, 11) is 0. The van der Waals surface area contributed by atoms with Crippen LogP contribution in [0.25, 0.3) is 0 Å². The number of nitrogens with one attached hydrogen (secondary N) is 1. The Kier molecular flexibility index (Phi) is 7.74. The zero-order valence-electron chi connectivity index (χ0n) is 16.7. The molecule has 1 aliphatic rings. The van der Waals surface area contributed by atoms with Gasteiger partial charge < -0.3 is 20.1 Å². The Morgan fingerprint density at radius 1 is 1.41 bits per heavy atom. The average Bonchev–Trinajstić information content (AvgIpc) is 3.47. The number of nitrogens with zero attached hydrogens (tertiary/aromatic N) is 2. The molecule has 7 nitrogen and oxygen atoms in total. The number of carbonyl (C=O) groups excluding carboxylic acids is 2. The molecule has 1 aromatic rings. The smallest absolute Gasteiger partial charge is 0.272 e. The Balaban J connectivity index is 1.95. The van der Waals surface area contributed by atoms with Crippen molar-refractivity contribution in [2.45, 2.75) is 59.3 Å². The summed E-state index contributed by atoms with van der Waals surface area (Å²) in [6.07, 6.45) is 3.21. The normalized spacial score (nSPS) is 14.9. The lowest BCUT2D eigenvalue weighted by Gasteiger charge is -2.27. The molecule has 0 bridgehead atoms. The number of hydrogen-bond acceptors (Lipinski definition) is 5. The van der Waals surface area contributed by atoms with Crippen molar-refractivity contribution >= 4 is 11.8 Å². The lowest BCUT2D eigenvalue weighted by atomic mass is 10.1. The minimum absolute atomic E-state index is 0.0276. The molecule has 2 amide bonds. The van der Waals surface area contributed by atoms with Gasteiger partial charge in [0, 0.05) is 31.9 Å².